The van der Waals surface area contributed by atoms with Gasteiger partial charge in [0, 0.05) is 18.0 Å². The lowest BCUT2D eigenvalue weighted by Gasteiger charge is -2.16. The van der Waals surface area contributed by atoms with Crippen LogP contribution in [0.5, 0.6) is 0 Å². The number of hydrogen-bond acceptors (Lipinski definition) is 4. The summed E-state index contributed by atoms with van der Waals surface area (Å²) in [6.45, 7) is 3.51. The molecule has 0 aliphatic heterocycles. The van der Waals surface area contributed by atoms with E-state index in [1.54, 1.807) is 31.2 Å². The second kappa shape index (κ2) is 9.25. The van der Waals surface area contributed by atoms with Crippen molar-refractivity contribution in [1.29, 1.82) is 0 Å². The van der Waals surface area contributed by atoms with E-state index in [4.69, 9.17) is 5.11 Å². The zero-order valence-electron chi connectivity index (χ0n) is 12.7. The van der Waals surface area contributed by atoms with E-state index < -0.39 is 11.2 Å². The molecule has 2 atom stereocenters. The molecule has 2 N–H and O–H groups in total. The number of benzene rings is 1. The Labute approximate surface area is 134 Å². The van der Waals surface area contributed by atoms with Gasteiger partial charge in [-0.1, -0.05) is 42.1 Å². The van der Waals surface area contributed by atoms with Crippen molar-refractivity contribution < 1.29 is 19.5 Å². The minimum atomic E-state index is -0.837. The van der Waals surface area contributed by atoms with Gasteiger partial charge in [-0.15, -0.1) is 0 Å². The van der Waals surface area contributed by atoms with Gasteiger partial charge in [-0.2, -0.15) is 0 Å². The van der Waals surface area contributed by atoms with Gasteiger partial charge in [0.05, 0.1) is 5.25 Å². The third kappa shape index (κ3) is 6.76. The summed E-state index contributed by atoms with van der Waals surface area (Å²) in [6.07, 6.45) is 1.21. The largest absolute Gasteiger partial charge is 0.481 e. The van der Waals surface area contributed by atoms with E-state index in [2.05, 4.69) is 5.32 Å². The molecule has 0 saturated heterocycles. The normalized spacial score (nSPS) is 13.2. The lowest BCUT2D eigenvalue weighted by atomic mass is 10.1. The smallest absolute Gasteiger partial charge is 0.303 e. The Kier molecular flexibility index (Phi) is 7.66. The molecule has 0 spiro atoms. The van der Waals surface area contributed by atoms with Crippen LogP contribution in [0.3, 0.4) is 0 Å². The molecular formula is C16H21NO4S. The molecule has 1 aromatic rings. The molecule has 0 heterocycles. The van der Waals surface area contributed by atoms with Crippen LogP contribution in [0.25, 0.3) is 0 Å². The molecule has 0 aromatic heterocycles. The molecule has 0 saturated carbocycles. The Balaban J connectivity index is 2.38. The van der Waals surface area contributed by atoms with Crippen LogP contribution in [0.1, 0.15) is 43.5 Å². The van der Waals surface area contributed by atoms with Gasteiger partial charge in [0.25, 0.3) is 0 Å². The maximum Gasteiger partial charge on any atom is 0.303 e. The van der Waals surface area contributed by atoms with E-state index in [1.807, 2.05) is 13.0 Å². The average Bonchev–Trinajstić information content (AvgIpc) is 2.47. The van der Waals surface area contributed by atoms with Gasteiger partial charge in [0.1, 0.15) is 0 Å². The lowest BCUT2D eigenvalue weighted by molar-refractivity contribution is -0.137. The van der Waals surface area contributed by atoms with Gasteiger partial charge in [-0.3, -0.25) is 14.4 Å². The summed E-state index contributed by atoms with van der Waals surface area (Å²) in [4.78, 5) is 34.5. The topological polar surface area (TPSA) is 83.5 Å². The Morgan fingerprint density at radius 1 is 1.18 bits per heavy atom. The fraction of sp³-hybridized carbons (Fsp3) is 0.438. The van der Waals surface area contributed by atoms with E-state index in [0.717, 1.165) is 11.8 Å². The Morgan fingerprint density at radius 2 is 1.82 bits per heavy atom. The molecule has 1 amide bonds. The van der Waals surface area contributed by atoms with Crippen molar-refractivity contribution in [3.63, 3.8) is 0 Å². The first-order valence-electron chi connectivity index (χ1n) is 7.18. The van der Waals surface area contributed by atoms with Crippen molar-refractivity contribution in [3.8, 4) is 0 Å². The first kappa shape index (κ1) is 18.2. The number of nitrogens with one attached hydrogen (secondary N) is 1. The second-order valence-electron chi connectivity index (χ2n) is 5.11. The van der Waals surface area contributed by atoms with Crippen LogP contribution in [0.4, 0.5) is 0 Å². The highest BCUT2D eigenvalue weighted by Crippen LogP contribution is 2.18. The van der Waals surface area contributed by atoms with Crippen LogP contribution in [-0.2, 0) is 9.59 Å². The highest BCUT2D eigenvalue weighted by atomic mass is 32.2. The molecule has 0 aliphatic rings. The van der Waals surface area contributed by atoms with Crippen molar-refractivity contribution in [1.82, 2.24) is 5.32 Å². The quantitative estimate of drug-likeness (QED) is 0.768. The van der Waals surface area contributed by atoms with Crippen LogP contribution < -0.4 is 5.32 Å². The average molecular weight is 323 g/mol. The van der Waals surface area contributed by atoms with E-state index in [9.17, 15) is 14.4 Å². The highest BCUT2D eigenvalue weighted by Gasteiger charge is 2.20. The number of rotatable bonds is 8. The Morgan fingerprint density at radius 3 is 2.41 bits per heavy atom. The molecule has 6 heteroatoms. The van der Waals surface area contributed by atoms with Gasteiger partial charge in [0.2, 0.25) is 11.0 Å². The highest BCUT2D eigenvalue weighted by molar-refractivity contribution is 8.15. The number of thioether (sulfide) groups is 1. The summed E-state index contributed by atoms with van der Waals surface area (Å²) >= 11 is 0.986. The maximum absolute atomic E-state index is 12.0. The Bertz CT molecular complexity index is 518. The van der Waals surface area contributed by atoms with Gasteiger partial charge in [0.15, 0.2) is 0 Å². The third-order valence-corrected chi connectivity index (χ3v) is 4.10. The van der Waals surface area contributed by atoms with Crippen LogP contribution in [-0.4, -0.2) is 33.4 Å². The predicted octanol–water partition coefficient (Wildman–Crippen LogP) is 2.71. The summed E-state index contributed by atoms with van der Waals surface area (Å²) < 4.78 is 0. The van der Waals surface area contributed by atoms with Gasteiger partial charge >= 0.3 is 5.97 Å². The summed E-state index contributed by atoms with van der Waals surface area (Å²) in [5.41, 5.74) is 0.571. The number of carbonyl (C=O) groups excluding carboxylic acids is 2. The number of carbonyl (C=O) groups is 3. The molecule has 2 unspecified atom stereocenters. The molecule has 0 radical (unpaired) electrons. The van der Waals surface area contributed by atoms with Gasteiger partial charge < -0.3 is 10.4 Å². The number of aliphatic carboxylic acids is 1. The van der Waals surface area contributed by atoms with E-state index in [-0.39, 0.29) is 23.5 Å². The lowest BCUT2D eigenvalue weighted by Crippen LogP contribution is -2.38. The Hall–Kier alpha value is -1.82. The first-order chi connectivity index (χ1) is 10.4. The number of amides is 1. The van der Waals surface area contributed by atoms with E-state index in [1.165, 1.54) is 0 Å². The maximum atomic E-state index is 12.0. The molecule has 0 bridgehead atoms. The molecule has 0 aliphatic carbocycles. The number of carboxylic acids is 1. The van der Waals surface area contributed by atoms with Gasteiger partial charge in [-0.25, -0.2) is 0 Å². The van der Waals surface area contributed by atoms with Crippen LogP contribution in [0.2, 0.25) is 0 Å². The SMILES string of the molecule is CC(CCCC(=O)O)NC(=O)C(C)SC(=O)c1ccccc1. The van der Waals surface area contributed by atoms with Gasteiger partial charge in [-0.05, 0) is 26.7 Å². The summed E-state index contributed by atoms with van der Waals surface area (Å²) in [6, 6.07) is 8.72. The third-order valence-electron chi connectivity index (χ3n) is 3.08. The zero-order valence-corrected chi connectivity index (χ0v) is 13.6. The second-order valence-corrected chi connectivity index (χ2v) is 6.42. The monoisotopic (exact) mass is 323 g/mol. The first-order valence-corrected chi connectivity index (χ1v) is 8.06. The molecule has 120 valence electrons. The zero-order chi connectivity index (χ0) is 16.5. The summed E-state index contributed by atoms with van der Waals surface area (Å²) in [5.74, 6) is -1.05. The predicted molar refractivity (Wildman–Crippen MR) is 86.9 cm³/mol. The molecule has 22 heavy (non-hydrogen) atoms. The van der Waals surface area contributed by atoms with Crippen molar-refractivity contribution in [2.45, 2.75) is 44.4 Å². The fourth-order valence-corrected chi connectivity index (χ4v) is 2.62. The molecule has 1 rings (SSSR count). The number of hydrogen-bond donors (Lipinski definition) is 2. The number of carboxylic acid groups (broad SMARTS) is 1. The fourth-order valence-electron chi connectivity index (χ4n) is 1.85. The van der Waals surface area contributed by atoms with Crippen LogP contribution in [0, 0.1) is 0 Å². The van der Waals surface area contributed by atoms with Crippen molar-refractivity contribution in [3.05, 3.63) is 35.9 Å². The molecule has 5 nitrogen and oxygen atoms in total. The van der Waals surface area contributed by atoms with E-state index >= 15 is 0 Å². The van der Waals surface area contributed by atoms with Crippen molar-refractivity contribution in [2.24, 2.45) is 0 Å². The van der Waals surface area contributed by atoms with Crippen LogP contribution in [0.15, 0.2) is 30.3 Å². The molecular weight excluding hydrogens is 302 g/mol. The summed E-state index contributed by atoms with van der Waals surface area (Å²) in [5, 5.41) is 10.8. The standard InChI is InChI=1S/C16H21NO4S/c1-11(7-6-10-14(18)19)17-15(20)12(2)22-16(21)13-8-4-3-5-9-13/h3-5,8-9,11-12H,6-7,10H2,1-2H3,(H,17,20)(H,18,19). The minimum absolute atomic E-state index is 0.0943. The summed E-state index contributed by atoms with van der Waals surface area (Å²) in [7, 11) is 0. The van der Waals surface area contributed by atoms with Crippen molar-refractivity contribution in [2.75, 3.05) is 0 Å². The van der Waals surface area contributed by atoms with Crippen LogP contribution >= 0.6 is 11.8 Å². The van der Waals surface area contributed by atoms with Crippen molar-refractivity contribution >= 4 is 28.8 Å². The molecule has 1 aromatic carbocycles. The minimum Gasteiger partial charge on any atom is -0.481 e. The molecule has 0 fully saturated rings. The van der Waals surface area contributed by atoms with E-state index in [0.29, 0.717) is 18.4 Å².